The number of nitrogens with zero attached hydrogens (tertiary/aromatic N) is 2. The molecule has 2 N–H and O–H groups in total. The smallest absolute Gasteiger partial charge is 0.237 e. The summed E-state index contributed by atoms with van der Waals surface area (Å²) in [5.41, 5.74) is 0.703. The van der Waals surface area contributed by atoms with E-state index in [-0.39, 0.29) is 31.4 Å². The lowest BCUT2D eigenvalue weighted by Gasteiger charge is -2.35. The molecule has 0 aromatic heterocycles. The van der Waals surface area contributed by atoms with E-state index in [2.05, 4.69) is 5.32 Å². The van der Waals surface area contributed by atoms with Gasteiger partial charge in [-0.1, -0.05) is 17.7 Å². The van der Waals surface area contributed by atoms with Gasteiger partial charge in [-0.15, -0.1) is 0 Å². The molecule has 1 saturated heterocycles. The fourth-order valence-electron chi connectivity index (χ4n) is 2.64. The fraction of sp³-hybridized carbons (Fsp3) is 0.500. The molecule has 24 heavy (non-hydrogen) atoms. The Hall–Kier alpha value is -1.70. The van der Waals surface area contributed by atoms with Crippen LogP contribution in [0.25, 0.3) is 0 Å². The summed E-state index contributed by atoms with van der Waals surface area (Å²) in [5.74, 6) is -0.857. The molecule has 0 aliphatic carbocycles. The summed E-state index contributed by atoms with van der Waals surface area (Å²) in [6.45, 7) is 1.50. The van der Waals surface area contributed by atoms with Crippen LogP contribution in [0.15, 0.2) is 18.2 Å². The van der Waals surface area contributed by atoms with Crippen molar-refractivity contribution in [1.82, 2.24) is 15.1 Å². The predicted molar refractivity (Wildman–Crippen MR) is 88.0 cm³/mol. The zero-order valence-corrected chi connectivity index (χ0v) is 14.2. The molecule has 2 amide bonds. The third-order valence-corrected chi connectivity index (χ3v) is 4.41. The van der Waals surface area contributed by atoms with Crippen molar-refractivity contribution in [3.05, 3.63) is 34.6 Å². The molecule has 1 atom stereocenters. The van der Waals surface area contributed by atoms with Gasteiger partial charge in [0.1, 0.15) is 5.82 Å². The molecule has 1 aliphatic rings. The van der Waals surface area contributed by atoms with Crippen LogP contribution in [0, 0.1) is 5.82 Å². The van der Waals surface area contributed by atoms with Gasteiger partial charge >= 0.3 is 0 Å². The fourth-order valence-corrected chi connectivity index (χ4v) is 2.86. The first-order valence-corrected chi connectivity index (χ1v) is 8.10. The molecule has 6 nitrogen and oxygen atoms in total. The van der Waals surface area contributed by atoms with Gasteiger partial charge in [-0.3, -0.25) is 14.5 Å². The van der Waals surface area contributed by atoms with Crippen LogP contribution in [0.2, 0.25) is 5.02 Å². The molecule has 0 radical (unpaired) electrons. The van der Waals surface area contributed by atoms with Gasteiger partial charge in [0.2, 0.25) is 11.8 Å². The van der Waals surface area contributed by atoms with Crippen molar-refractivity contribution in [3.8, 4) is 0 Å². The monoisotopic (exact) mass is 357 g/mol. The van der Waals surface area contributed by atoms with Gasteiger partial charge in [-0.2, -0.15) is 0 Å². The van der Waals surface area contributed by atoms with Crippen molar-refractivity contribution in [1.29, 1.82) is 0 Å². The minimum atomic E-state index is -0.617. The van der Waals surface area contributed by atoms with Gasteiger partial charge in [0.25, 0.3) is 0 Å². The highest BCUT2D eigenvalue weighted by molar-refractivity contribution is 6.31. The van der Waals surface area contributed by atoms with E-state index >= 15 is 0 Å². The van der Waals surface area contributed by atoms with E-state index in [1.165, 1.54) is 17.0 Å². The van der Waals surface area contributed by atoms with Crippen LogP contribution in [0.3, 0.4) is 0 Å². The highest BCUT2D eigenvalue weighted by Crippen LogP contribution is 2.21. The Kier molecular flexibility index (Phi) is 6.53. The summed E-state index contributed by atoms with van der Waals surface area (Å²) >= 11 is 6.06. The Morgan fingerprint density at radius 3 is 2.96 bits per heavy atom. The molecule has 1 aromatic carbocycles. The van der Waals surface area contributed by atoms with Crippen molar-refractivity contribution in [3.63, 3.8) is 0 Å². The molecule has 1 heterocycles. The molecule has 132 valence electrons. The lowest BCUT2D eigenvalue weighted by Crippen LogP contribution is -2.56. The maximum Gasteiger partial charge on any atom is 0.237 e. The first-order valence-electron chi connectivity index (χ1n) is 7.73. The van der Waals surface area contributed by atoms with Crippen LogP contribution in [-0.4, -0.2) is 66.1 Å². The van der Waals surface area contributed by atoms with E-state index in [1.54, 1.807) is 13.1 Å². The number of likely N-dealkylation sites (N-methyl/N-ethyl adjacent to an activating group) is 1. The highest BCUT2D eigenvalue weighted by Gasteiger charge is 2.32. The molecular weight excluding hydrogens is 337 g/mol. The van der Waals surface area contributed by atoms with Gasteiger partial charge in [0, 0.05) is 38.2 Å². The second kappa shape index (κ2) is 8.41. The van der Waals surface area contributed by atoms with E-state index in [9.17, 15) is 14.0 Å². The van der Waals surface area contributed by atoms with Crippen LogP contribution in [0.5, 0.6) is 0 Å². The Morgan fingerprint density at radius 1 is 1.54 bits per heavy atom. The van der Waals surface area contributed by atoms with Gasteiger partial charge in [0.15, 0.2) is 0 Å². The topological polar surface area (TPSA) is 72.9 Å². The summed E-state index contributed by atoms with van der Waals surface area (Å²) in [6.07, 6.45) is 0.0150. The molecule has 1 aromatic rings. The standard InChI is InChI=1S/C16H21ClFN3O3/c1-20(6-7-22)15(23)9-14-16(24)19-4-5-21(14)10-11-2-3-12(18)8-13(11)17/h2-3,8,14,22H,4-7,9-10H2,1H3,(H,19,24)/t14-/m0/s1. The summed E-state index contributed by atoms with van der Waals surface area (Å²) in [7, 11) is 1.58. The van der Waals surface area contributed by atoms with E-state index < -0.39 is 11.9 Å². The van der Waals surface area contributed by atoms with Crippen molar-refractivity contribution >= 4 is 23.4 Å². The molecule has 0 bridgehead atoms. The molecule has 1 aliphatic heterocycles. The summed E-state index contributed by atoms with van der Waals surface area (Å²) in [4.78, 5) is 27.6. The van der Waals surface area contributed by atoms with Crippen LogP contribution in [-0.2, 0) is 16.1 Å². The van der Waals surface area contributed by atoms with Crippen LogP contribution in [0.1, 0.15) is 12.0 Å². The largest absolute Gasteiger partial charge is 0.395 e. The number of aliphatic hydroxyl groups is 1. The zero-order valence-electron chi connectivity index (χ0n) is 13.5. The number of hydrogen-bond acceptors (Lipinski definition) is 4. The van der Waals surface area contributed by atoms with Gasteiger partial charge in [0.05, 0.1) is 19.1 Å². The number of carbonyl (C=O) groups excluding carboxylic acids is 2. The number of halogens is 2. The maximum absolute atomic E-state index is 13.2. The molecule has 0 saturated carbocycles. The Bertz CT molecular complexity index is 614. The number of aliphatic hydroxyl groups excluding tert-OH is 1. The average Bonchev–Trinajstić information content (AvgIpc) is 2.53. The quantitative estimate of drug-likeness (QED) is 0.783. The minimum absolute atomic E-state index is 0.0150. The van der Waals surface area contributed by atoms with E-state index in [1.807, 2.05) is 4.90 Å². The number of benzene rings is 1. The van der Waals surface area contributed by atoms with Crippen molar-refractivity contribution < 1.29 is 19.1 Å². The number of piperazine rings is 1. The molecule has 0 unspecified atom stereocenters. The van der Waals surface area contributed by atoms with Crippen LogP contribution in [0.4, 0.5) is 4.39 Å². The lowest BCUT2D eigenvalue weighted by atomic mass is 10.1. The minimum Gasteiger partial charge on any atom is -0.395 e. The second-order valence-corrected chi connectivity index (χ2v) is 6.16. The number of carbonyl (C=O) groups is 2. The van der Waals surface area contributed by atoms with Crippen molar-refractivity contribution in [2.24, 2.45) is 0 Å². The Labute approximate surface area is 145 Å². The van der Waals surface area contributed by atoms with Crippen molar-refractivity contribution in [2.75, 3.05) is 33.3 Å². The number of rotatable bonds is 6. The SMILES string of the molecule is CN(CCO)C(=O)C[C@H]1C(=O)NCCN1Cc1ccc(F)cc1Cl. The van der Waals surface area contributed by atoms with Crippen LogP contribution < -0.4 is 5.32 Å². The molecule has 1 fully saturated rings. The zero-order chi connectivity index (χ0) is 17.7. The second-order valence-electron chi connectivity index (χ2n) is 5.76. The summed E-state index contributed by atoms with van der Waals surface area (Å²) < 4.78 is 13.2. The van der Waals surface area contributed by atoms with E-state index in [4.69, 9.17) is 16.7 Å². The molecular formula is C16H21ClFN3O3. The predicted octanol–water partition coefficient (Wildman–Crippen LogP) is 0.620. The van der Waals surface area contributed by atoms with E-state index in [0.29, 0.717) is 30.2 Å². The maximum atomic E-state index is 13.2. The van der Waals surface area contributed by atoms with Gasteiger partial charge < -0.3 is 15.3 Å². The third kappa shape index (κ3) is 4.66. The third-order valence-electron chi connectivity index (χ3n) is 4.06. The highest BCUT2D eigenvalue weighted by atomic mass is 35.5. The van der Waals surface area contributed by atoms with Gasteiger partial charge in [-0.05, 0) is 17.7 Å². The lowest BCUT2D eigenvalue weighted by molar-refractivity contribution is -0.138. The Morgan fingerprint density at radius 2 is 2.29 bits per heavy atom. The molecule has 8 heteroatoms. The molecule has 2 rings (SSSR count). The summed E-state index contributed by atoms with van der Waals surface area (Å²) in [5, 5.41) is 12.0. The summed E-state index contributed by atoms with van der Waals surface area (Å²) in [6, 6.07) is 3.52. The number of nitrogens with one attached hydrogen (secondary N) is 1. The van der Waals surface area contributed by atoms with E-state index in [0.717, 1.165) is 0 Å². The normalized spacial score (nSPS) is 18.3. The van der Waals surface area contributed by atoms with Crippen molar-refractivity contribution in [2.45, 2.75) is 19.0 Å². The first-order chi connectivity index (χ1) is 11.4. The number of hydrogen-bond donors (Lipinski definition) is 2. The molecule has 0 spiro atoms. The first kappa shape index (κ1) is 18.6. The number of amides is 2. The Balaban J connectivity index is 2.10. The van der Waals surface area contributed by atoms with Crippen LogP contribution >= 0.6 is 11.6 Å². The average molecular weight is 358 g/mol. The van der Waals surface area contributed by atoms with Gasteiger partial charge in [-0.25, -0.2) is 4.39 Å².